The van der Waals surface area contributed by atoms with Crippen LogP contribution in [-0.4, -0.2) is 21.6 Å². The van der Waals surface area contributed by atoms with Crippen molar-refractivity contribution in [3.8, 4) is 0 Å². The molecule has 0 unspecified atom stereocenters. The second-order valence-electron chi connectivity index (χ2n) is 2.77. The van der Waals surface area contributed by atoms with Gasteiger partial charge in [-0.1, -0.05) is 23.9 Å². The van der Waals surface area contributed by atoms with Gasteiger partial charge in [-0.15, -0.1) is 0 Å². The lowest BCUT2D eigenvalue weighted by Crippen LogP contribution is -2.04. The Hall–Kier alpha value is -1.49. The summed E-state index contributed by atoms with van der Waals surface area (Å²) < 4.78 is 0. The number of thioether (sulfide) groups is 1. The third-order valence-electron chi connectivity index (χ3n) is 1.89. The zero-order valence-electron chi connectivity index (χ0n) is 7.69. The molecule has 72 valence electrons. The van der Waals surface area contributed by atoms with Gasteiger partial charge in [0.15, 0.2) is 5.17 Å². The molecule has 0 atom stereocenters. The largest absolute Gasteiger partial charge is 0.378 e. The Morgan fingerprint density at radius 1 is 1.57 bits per heavy atom. The number of aliphatic imine (C=N–C) groups is 1. The molecule has 0 aliphatic rings. The summed E-state index contributed by atoms with van der Waals surface area (Å²) in [6.07, 6.45) is 3.66. The summed E-state index contributed by atoms with van der Waals surface area (Å²) in [5.41, 5.74) is 7.39. The van der Waals surface area contributed by atoms with E-state index in [-0.39, 0.29) is 0 Å². The van der Waals surface area contributed by atoms with E-state index in [1.807, 2.05) is 24.5 Å². The maximum absolute atomic E-state index is 5.64. The van der Waals surface area contributed by atoms with Crippen LogP contribution in [-0.2, 0) is 0 Å². The predicted molar refractivity (Wildman–Crippen MR) is 60.9 cm³/mol. The van der Waals surface area contributed by atoms with Crippen molar-refractivity contribution < 1.29 is 0 Å². The second-order valence-corrected chi connectivity index (χ2v) is 3.59. The van der Waals surface area contributed by atoms with E-state index in [1.54, 1.807) is 6.20 Å². The van der Waals surface area contributed by atoms with E-state index in [0.717, 1.165) is 16.6 Å². The normalized spacial score (nSPS) is 12.2. The van der Waals surface area contributed by atoms with E-state index < -0.39 is 0 Å². The van der Waals surface area contributed by atoms with Crippen LogP contribution >= 0.6 is 11.8 Å². The van der Waals surface area contributed by atoms with E-state index in [1.165, 1.54) is 11.8 Å². The van der Waals surface area contributed by atoms with Crippen molar-refractivity contribution in [2.24, 2.45) is 10.7 Å². The van der Waals surface area contributed by atoms with Gasteiger partial charge in [-0.05, 0) is 12.3 Å². The predicted octanol–water partition coefficient (Wildman–Crippen LogP) is 1.87. The molecule has 0 saturated carbocycles. The van der Waals surface area contributed by atoms with Gasteiger partial charge in [0.05, 0.1) is 17.4 Å². The Balaban J connectivity index is 2.56. The van der Waals surface area contributed by atoms with E-state index in [2.05, 4.69) is 15.2 Å². The number of nitrogens with two attached hydrogens (primary N) is 1. The fraction of sp³-hybridized carbons (Fsp3) is 0.111. The number of benzene rings is 1. The molecule has 1 heterocycles. The van der Waals surface area contributed by atoms with E-state index in [0.29, 0.717) is 5.17 Å². The highest BCUT2D eigenvalue weighted by molar-refractivity contribution is 8.13. The van der Waals surface area contributed by atoms with Crippen molar-refractivity contribution in [1.29, 1.82) is 0 Å². The number of hydrogen-bond acceptors (Lipinski definition) is 3. The quantitative estimate of drug-likeness (QED) is 0.553. The van der Waals surface area contributed by atoms with Gasteiger partial charge in [-0.3, -0.25) is 5.10 Å². The van der Waals surface area contributed by atoms with Gasteiger partial charge in [0.25, 0.3) is 0 Å². The number of nitrogens with one attached hydrogen (secondary N) is 1. The van der Waals surface area contributed by atoms with Crippen molar-refractivity contribution in [3.05, 3.63) is 24.4 Å². The van der Waals surface area contributed by atoms with Crippen LogP contribution in [0.2, 0.25) is 0 Å². The molecule has 4 nitrogen and oxygen atoms in total. The molecule has 1 aromatic carbocycles. The lowest BCUT2D eigenvalue weighted by molar-refractivity contribution is 1.12. The topological polar surface area (TPSA) is 67.1 Å². The van der Waals surface area contributed by atoms with Crippen molar-refractivity contribution in [2.45, 2.75) is 0 Å². The van der Waals surface area contributed by atoms with Crippen LogP contribution in [0.25, 0.3) is 10.9 Å². The standard InChI is InChI=1S/C9H10N4S/c1-14-9(10)12-7-4-2-3-6-5-11-13-8(6)7/h2-5H,1H3,(H2,10,12)(H,11,13). The lowest BCUT2D eigenvalue weighted by atomic mass is 10.2. The molecule has 0 aliphatic heterocycles. The number of rotatable bonds is 1. The highest BCUT2D eigenvalue weighted by Crippen LogP contribution is 2.23. The Bertz CT molecular complexity index is 474. The first kappa shape index (κ1) is 9.08. The monoisotopic (exact) mass is 206 g/mol. The van der Waals surface area contributed by atoms with Gasteiger partial charge in [0, 0.05) is 5.39 Å². The van der Waals surface area contributed by atoms with Gasteiger partial charge >= 0.3 is 0 Å². The number of aromatic amines is 1. The maximum Gasteiger partial charge on any atom is 0.158 e. The summed E-state index contributed by atoms with van der Waals surface area (Å²) in [6, 6.07) is 5.82. The van der Waals surface area contributed by atoms with Crippen molar-refractivity contribution >= 4 is 33.5 Å². The number of H-pyrrole nitrogens is 1. The highest BCUT2D eigenvalue weighted by Gasteiger charge is 2.01. The second kappa shape index (κ2) is 3.71. The molecule has 5 heteroatoms. The average molecular weight is 206 g/mol. The smallest absolute Gasteiger partial charge is 0.158 e. The summed E-state index contributed by atoms with van der Waals surface area (Å²) in [5, 5.41) is 8.44. The number of amidine groups is 1. The molecule has 0 radical (unpaired) electrons. The SMILES string of the molecule is CSC(N)=Nc1cccc2cn[nH]c12. The lowest BCUT2D eigenvalue weighted by Gasteiger charge is -1.97. The Morgan fingerprint density at radius 3 is 3.21 bits per heavy atom. The fourth-order valence-corrected chi connectivity index (χ4v) is 1.40. The molecule has 0 spiro atoms. The molecule has 3 N–H and O–H groups in total. The molecular formula is C9H10N4S. The Kier molecular flexibility index (Phi) is 2.41. The summed E-state index contributed by atoms with van der Waals surface area (Å²) >= 11 is 1.42. The van der Waals surface area contributed by atoms with Crippen LogP contribution in [0.3, 0.4) is 0 Å². The van der Waals surface area contributed by atoms with Crippen LogP contribution in [0.15, 0.2) is 29.4 Å². The number of aromatic nitrogens is 2. The first-order chi connectivity index (χ1) is 6.81. The number of fused-ring (bicyclic) bond motifs is 1. The molecule has 1 aromatic heterocycles. The molecule has 2 rings (SSSR count). The van der Waals surface area contributed by atoms with E-state index in [4.69, 9.17) is 5.73 Å². The van der Waals surface area contributed by atoms with Crippen LogP contribution in [0.5, 0.6) is 0 Å². The third-order valence-corrected chi connectivity index (χ3v) is 2.40. The van der Waals surface area contributed by atoms with Crippen molar-refractivity contribution in [3.63, 3.8) is 0 Å². The summed E-state index contributed by atoms with van der Waals surface area (Å²) in [7, 11) is 0. The molecule has 0 amide bonds. The Morgan fingerprint density at radius 2 is 2.43 bits per heavy atom. The number of para-hydroxylation sites is 1. The minimum Gasteiger partial charge on any atom is -0.378 e. The highest BCUT2D eigenvalue weighted by atomic mass is 32.2. The van der Waals surface area contributed by atoms with Crippen LogP contribution in [0, 0.1) is 0 Å². The van der Waals surface area contributed by atoms with Crippen LogP contribution < -0.4 is 5.73 Å². The fourth-order valence-electron chi connectivity index (χ4n) is 1.21. The van der Waals surface area contributed by atoms with Gasteiger partial charge in [-0.25, -0.2) is 4.99 Å². The number of nitrogens with zero attached hydrogens (tertiary/aromatic N) is 2. The zero-order chi connectivity index (χ0) is 9.97. The molecule has 0 fully saturated rings. The van der Waals surface area contributed by atoms with Crippen LogP contribution in [0.1, 0.15) is 0 Å². The molecule has 0 saturated heterocycles. The third kappa shape index (κ3) is 1.58. The summed E-state index contributed by atoms with van der Waals surface area (Å²) in [6.45, 7) is 0. The van der Waals surface area contributed by atoms with E-state index >= 15 is 0 Å². The van der Waals surface area contributed by atoms with Crippen molar-refractivity contribution in [2.75, 3.05) is 6.26 Å². The first-order valence-electron chi connectivity index (χ1n) is 4.11. The minimum atomic E-state index is 0.548. The molecular weight excluding hydrogens is 196 g/mol. The Labute approximate surface area is 85.6 Å². The molecule has 0 aliphatic carbocycles. The van der Waals surface area contributed by atoms with Gasteiger partial charge < -0.3 is 5.73 Å². The maximum atomic E-state index is 5.64. The van der Waals surface area contributed by atoms with Gasteiger partial charge in [0.2, 0.25) is 0 Å². The number of hydrogen-bond donors (Lipinski definition) is 2. The first-order valence-corrected chi connectivity index (χ1v) is 5.34. The van der Waals surface area contributed by atoms with Gasteiger partial charge in [-0.2, -0.15) is 5.10 Å². The molecule has 0 bridgehead atoms. The minimum absolute atomic E-state index is 0.548. The zero-order valence-corrected chi connectivity index (χ0v) is 8.51. The molecule has 2 aromatic rings. The van der Waals surface area contributed by atoms with Crippen molar-refractivity contribution in [1.82, 2.24) is 10.2 Å². The molecule has 14 heavy (non-hydrogen) atoms. The average Bonchev–Trinajstić information content (AvgIpc) is 2.66. The van der Waals surface area contributed by atoms with Crippen LogP contribution in [0.4, 0.5) is 5.69 Å². The van der Waals surface area contributed by atoms with Gasteiger partial charge in [0.1, 0.15) is 0 Å². The summed E-state index contributed by atoms with van der Waals surface area (Å²) in [5.74, 6) is 0. The van der Waals surface area contributed by atoms with E-state index in [9.17, 15) is 0 Å². The summed E-state index contributed by atoms with van der Waals surface area (Å²) in [4.78, 5) is 4.26.